The highest BCUT2D eigenvalue weighted by molar-refractivity contribution is 5.88. The molecular formula is C24H29FN2O3. The maximum absolute atomic E-state index is 13.8. The van der Waals surface area contributed by atoms with Crippen molar-refractivity contribution in [2.45, 2.75) is 57.7 Å². The predicted octanol–water partition coefficient (Wildman–Crippen LogP) is 4.07. The first-order valence-electron chi connectivity index (χ1n) is 10.6. The first-order valence-corrected chi connectivity index (χ1v) is 10.6. The average Bonchev–Trinajstić information content (AvgIpc) is 2.77. The number of halogens is 1. The Balaban J connectivity index is 1.69. The molecule has 1 fully saturated rings. The van der Waals surface area contributed by atoms with E-state index < -0.39 is 11.9 Å². The van der Waals surface area contributed by atoms with Gasteiger partial charge in [-0.05, 0) is 37.5 Å². The minimum absolute atomic E-state index is 0.0184. The number of hydrogen-bond donors (Lipinski definition) is 1. The lowest BCUT2D eigenvalue weighted by Crippen LogP contribution is -2.51. The molecule has 1 aliphatic rings. The number of carbonyl (C=O) groups is 2. The Morgan fingerprint density at radius 1 is 1.07 bits per heavy atom. The molecule has 6 heteroatoms. The van der Waals surface area contributed by atoms with E-state index in [0.717, 1.165) is 31.2 Å². The van der Waals surface area contributed by atoms with Gasteiger partial charge in [-0.15, -0.1) is 0 Å². The molecule has 2 aromatic rings. The zero-order valence-electron chi connectivity index (χ0n) is 17.4. The van der Waals surface area contributed by atoms with Crippen LogP contribution in [0.5, 0.6) is 5.75 Å². The van der Waals surface area contributed by atoms with E-state index in [1.165, 1.54) is 23.5 Å². The molecule has 0 aliphatic heterocycles. The average molecular weight is 413 g/mol. The second-order valence-corrected chi connectivity index (χ2v) is 7.75. The van der Waals surface area contributed by atoms with Crippen molar-refractivity contribution in [3.05, 3.63) is 66.0 Å². The molecule has 1 saturated carbocycles. The molecule has 0 saturated heterocycles. The lowest BCUT2D eigenvalue weighted by atomic mass is 9.95. The summed E-state index contributed by atoms with van der Waals surface area (Å²) in [5.74, 6) is -1.04. The van der Waals surface area contributed by atoms with Crippen LogP contribution in [0.1, 0.15) is 44.6 Å². The minimum atomic E-state index is -0.663. The molecule has 1 atom stereocenters. The summed E-state index contributed by atoms with van der Waals surface area (Å²) < 4.78 is 19.2. The normalized spacial score (nSPS) is 15.3. The van der Waals surface area contributed by atoms with Crippen LogP contribution in [-0.2, 0) is 16.1 Å². The topological polar surface area (TPSA) is 58.6 Å². The molecule has 160 valence electrons. The summed E-state index contributed by atoms with van der Waals surface area (Å²) in [6.45, 7) is 1.66. The van der Waals surface area contributed by atoms with Crippen molar-refractivity contribution in [2.24, 2.45) is 0 Å². The van der Waals surface area contributed by atoms with Gasteiger partial charge in [0.25, 0.3) is 5.91 Å². The quantitative estimate of drug-likeness (QED) is 0.711. The zero-order chi connectivity index (χ0) is 21.3. The highest BCUT2D eigenvalue weighted by Gasteiger charge is 2.28. The van der Waals surface area contributed by atoms with Crippen LogP contribution in [0.4, 0.5) is 4.39 Å². The Kier molecular flexibility index (Phi) is 7.82. The fourth-order valence-corrected chi connectivity index (χ4v) is 3.72. The molecule has 0 heterocycles. The largest absolute Gasteiger partial charge is 0.481 e. The second-order valence-electron chi connectivity index (χ2n) is 7.75. The van der Waals surface area contributed by atoms with E-state index in [-0.39, 0.29) is 36.8 Å². The lowest BCUT2D eigenvalue weighted by molar-refractivity contribution is -0.142. The van der Waals surface area contributed by atoms with Gasteiger partial charge in [0.2, 0.25) is 5.91 Å². The van der Waals surface area contributed by atoms with E-state index in [4.69, 9.17) is 4.74 Å². The summed E-state index contributed by atoms with van der Waals surface area (Å²) in [6.07, 6.45) is 5.38. The Labute approximate surface area is 177 Å². The summed E-state index contributed by atoms with van der Waals surface area (Å²) in [5, 5.41) is 3.09. The van der Waals surface area contributed by atoms with Gasteiger partial charge < -0.3 is 15.0 Å². The van der Waals surface area contributed by atoms with Gasteiger partial charge in [0, 0.05) is 12.6 Å². The van der Waals surface area contributed by atoms with Crippen LogP contribution in [0.15, 0.2) is 54.6 Å². The molecule has 0 unspecified atom stereocenters. The number of nitrogens with one attached hydrogen (secondary N) is 1. The third kappa shape index (κ3) is 6.05. The fourth-order valence-electron chi connectivity index (χ4n) is 3.72. The lowest BCUT2D eigenvalue weighted by Gasteiger charge is -2.31. The molecule has 0 bridgehead atoms. The smallest absolute Gasteiger partial charge is 0.261 e. The van der Waals surface area contributed by atoms with Crippen LogP contribution >= 0.6 is 0 Å². The first-order chi connectivity index (χ1) is 14.5. The van der Waals surface area contributed by atoms with Crippen LogP contribution in [0.3, 0.4) is 0 Å². The second kappa shape index (κ2) is 10.8. The molecular weight excluding hydrogens is 383 g/mol. The highest BCUT2D eigenvalue weighted by Crippen LogP contribution is 2.19. The highest BCUT2D eigenvalue weighted by atomic mass is 19.1. The van der Waals surface area contributed by atoms with Gasteiger partial charge in [0.1, 0.15) is 6.04 Å². The van der Waals surface area contributed by atoms with Crippen LogP contribution in [-0.4, -0.2) is 35.4 Å². The number of nitrogens with zero attached hydrogens (tertiary/aromatic N) is 1. The van der Waals surface area contributed by atoms with Gasteiger partial charge in [-0.1, -0.05) is 61.7 Å². The van der Waals surface area contributed by atoms with Crippen LogP contribution in [0, 0.1) is 5.82 Å². The van der Waals surface area contributed by atoms with Crippen LogP contribution < -0.4 is 10.1 Å². The summed E-state index contributed by atoms with van der Waals surface area (Å²) >= 11 is 0. The van der Waals surface area contributed by atoms with E-state index in [1.807, 2.05) is 30.3 Å². The predicted molar refractivity (Wildman–Crippen MR) is 113 cm³/mol. The van der Waals surface area contributed by atoms with Gasteiger partial charge in [-0.2, -0.15) is 0 Å². The maximum atomic E-state index is 13.8. The summed E-state index contributed by atoms with van der Waals surface area (Å²) in [7, 11) is 0. The van der Waals surface area contributed by atoms with Gasteiger partial charge in [0.15, 0.2) is 18.2 Å². The Morgan fingerprint density at radius 3 is 2.43 bits per heavy atom. The van der Waals surface area contributed by atoms with Crippen molar-refractivity contribution >= 4 is 11.8 Å². The molecule has 30 heavy (non-hydrogen) atoms. The molecule has 5 nitrogen and oxygen atoms in total. The molecule has 2 amide bonds. The zero-order valence-corrected chi connectivity index (χ0v) is 17.4. The summed E-state index contributed by atoms with van der Waals surface area (Å²) in [5.41, 5.74) is 0.911. The van der Waals surface area contributed by atoms with Crippen molar-refractivity contribution in [1.82, 2.24) is 10.2 Å². The van der Waals surface area contributed by atoms with Gasteiger partial charge in [-0.3, -0.25) is 9.59 Å². The number of benzene rings is 2. The number of para-hydroxylation sites is 1. The first kappa shape index (κ1) is 21.8. The van der Waals surface area contributed by atoms with E-state index in [1.54, 1.807) is 19.1 Å². The van der Waals surface area contributed by atoms with Crippen LogP contribution in [0.25, 0.3) is 0 Å². The number of carbonyl (C=O) groups excluding carboxylic acids is 2. The van der Waals surface area contributed by atoms with Gasteiger partial charge in [-0.25, -0.2) is 4.39 Å². The van der Waals surface area contributed by atoms with Crippen LogP contribution in [0.2, 0.25) is 0 Å². The molecule has 1 N–H and O–H groups in total. The molecule has 1 aliphatic carbocycles. The summed E-state index contributed by atoms with van der Waals surface area (Å²) in [6, 6.07) is 14.9. The molecule has 0 spiro atoms. The standard InChI is InChI=1S/C24H29FN2O3/c1-18(24(29)26-20-12-6-3-7-13-20)27(16-19-10-4-2-5-11-19)23(28)17-30-22-15-9-8-14-21(22)25/h2,4-5,8-11,14-15,18,20H,3,6-7,12-13,16-17H2,1H3,(H,26,29)/t18-/m0/s1. The molecule has 3 rings (SSSR count). The SMILES string of the molecule is C[C@@H](C(=O)NC1CCCCC1)N(Cc1ccccc1)C(=O)COc1ccccc1F. The number of rotatable bonds is 8. The maximum Gasteiger partial charge on any atom is 0.261 e. The molecule has 0 aromatic heterocycles. The van der Waals surface area contributed by atoms with E-state index in [0.29, 0.717) is 0 Å². The van der Waals surface area contributed by atoms with E-state index in [9.17, 15) is 14.0 Å². The van der Waals surface area contributed by atoms with E-state index in [2.05, 4.69) is 5.32 Å². The van der Waals surface area contributed by atoms with Gasteiger partial charge in [0.05, 0.1) is 0 Å². The Hall–Kier alpha value is -2.89. The summed E-state index contributed by atoms with van der Waals surface area (Å²) in [4.78, 5) is 27.3. The van der Waals surface area contributed by atoms with Crippen molar-refractivity contribution in [3.8, 4) is 5.75 Å². The third-order valence-electron chi connectivity index (χ3n) is 5.50. The van der Waals surface area contributed by atoms with Crippen molar-refractivity contribution < 1.29 is 18.7 Å². The third-order valence-corrected chi connectivity index (χ3v) is 5.50. The minimum Gasteiger partial charge on any atom is -0.481 e. The molecule has 0 radical (unpaired) electrons. The fraction of sp³-hybridized carbons (Fsp3) is 0.417. The Bertz CT molecular complexity index is 837. The van der Waals surface area contributed by atoms with Crippen molar-refractivity contribution in [2.75, 3.05) is 6.61 Å². The monoisotopic (exact) mass is 412 g/mol. The molecule has 2 aromatic carbocycles. The van der Waals surface area contributed by atoms with Crippen molar-refractivity contribution in [1.29, 1.82) is 0 Å². The van der Waals surface area contributed by atoms with Gasteiger partial charge >= 0.3 is 0 Å². The van der Waals surface area contributed by atoms with Crippen molar-refractivity contribution in [3.63, 3.8) is 0 Å². The number of amides is 2. The van der Waals surface area contributed by atoms with E-state index >= 15 is 0 Å². The Morgan fingerprint density at radius 2 is 1.73 bits per heavy atom. The number of hydrogen-bond acceptors (Lipinski definition) is 3. The number of ether oxygens (including phenoxy) is 1.